The predicted octanol–water partition coefficient (Wildman–Crippen LogP) is 1.21. The first-order valence-corrected chi connectivity index (χ1v) is 13.8. The monoisotopic (exact) mass is 531 g/mol. The van der Waals surface area contributed by atoms with Crippen molar-refractivity contribution in [1.82, 2.24) is 15.5 Å². The summed E-state index contributed by atoms with van der Waals surface area (Å²) >= 11 is 0. The molecule has 1 fully saturated rings. The Hall–Kier alpha value is -3.28. The minimum Gasteiger partial charge on any atom is -0.380 e. The van der Waals surface area contributed by atoms with E-state index in [-0.39, 0.29) is 5.75 Å². The maximum Gasteiger partial charge on any atom is 0.318 e. The molecule has 11 heteroatoms. The largest absolute Gasteiger partial charge is 0.380 e. The number of morpholine rings is 1. The van der Waals surface area contributed by atoms with Crippen LogP contribution in [0.1, 0.15) is 31.1 Å². The number of ether oxygens (including phenoxy) is 1. The van der Waals surface area contributed by atoms with E-state index in [9.17, 15) is 27.9 Å². The first-order chi connectivity index (χ1) is 17.5. The third-order valence-electron chi connectivity index (χ3n) is 5.98. The maximum atomic E-state index is 13.3. The summed E-state index contributed by atoms with van der Waals surface area (Å²) in [4.78, 5) is 40.6. The highest BCUT2D eigenvalue weighted by Gasteiger charge is 2.38. The number of rotatable bonds is 10. The summed E-state index contributed by atoms with van der Waals surface area (Å²) in [5.41, 5.74) is -0.655. The zero-order chi connectivity index (χ0) is 27.1. The maximum absolute atomic E-state index is 13.3. The van der Waals surface area contributed by atoms with Gasteiger partial charge >= 0.3 is 6.03 Å². The Morgan fingerprint density at radius 3 is 2.16 bits per heavy atom. The molecule has 200 valence electrons. The second kappa shape index (κ2) is 12.3. The molecule has 0 aromatic heterocycles. The van der Waals surface area contributed by atoms with Crippen LogP contribution in [0.5, 0.6) is 0 Å². The molecule has 0 aliphatic carbocycles. The van der Waals surface area contributed by atoms with E-state index in [0.717, 1.165) is 0 Å². The van der Waals surface area contributed by atoms with E-state index in [1.165, 1.54) is 18.7 Å². The average molecular weight is 532 g/mol. The lowest BCUT2D eigenvalue weighted by Gasteiger charge is -2.32. The van der Waals surface area contributed by atoms with E-state index >= 15 is 0 Å². The highest BCUT2D eigenvalue weighted by molar-refractivity contribution is 7.90. The molecule has 3 rings (SSSR count). The molecule has 0 bridgehead atoms. The minimum atomic E-state index is -3.84. The Morgan fingerprint density at radius 1 is 1.00 bits per heavy atom. The van der Waals surface area contributed by atoms with Crippen molar-refractivity contribution in [1.29, 1.82) is 0 Å². The Labute approximate surface area is 216 Å². The number of nitrogens with zero attached hydrogens (tertiary/aromatic N) is 1. The summed E-state index contributed by atoms with van der Waals surface area (Å²) < 4.78 is 31.2. The number of hydrogen-bond donors (Lipinski definition) is 3. The second-order valence-corrected chi connectivity index (χ2v) is 11.5. The lowest BCUT2D eigenvalue weighted by molar-refractivity contribution is -0.137. The zero-order valence-electron chi connectivity index (χ0n) is 20.9. The summed E-state index contributed by atoms with van der Waals surface area (Å²) in [6.07, 6.45) is -1.50. The van der Waals surface area contributed by atoms with Crippen LogP contribution in [0.3, 0.4) is 0 Å². The number of aliphatic hydroxyl groups excluding tert-OH is 1. The number of carbonyl (C=O) groups excluding carboxylic acids is 3. The SMILES string of the molecule is CC(C)(NC(=O)[C@H](CS(=O)(=O)Cc1ccccc1)NC(=O)N1CCOCC1)C(=O)C(O)c1ccccc1. The molecule has 10 nitrogen and oxygen atoms in total. The number of amides is 3. The van der Waals surface area contributed by atoms with Gasteiger partial charge in [0.1, 0.15) is 12.1 Å². The van der Waals surface area contributed by atoms with Crippen molar-refractivity contribution >= 4 is 27.6 Å². The average Bonchev–Trinajstić information content (AvgIpc) is 2.88. The third kappa shape index (κ3) is 8.11. The van der Waals surface area contributed by atoms with Gasteiger partial charge in [0, 0.05) is 13.1 Å². The summed E-state index contributed by atoms with van der Waals surface area (Å²) in [7, 11) is -3.84. The summed E-state index contributed by atoms with van der Waals surface area (Å²) in [5.74, 6) is -2.52. The molecule has 2 aromatic carbocycles. The van der Waals surface area contributed by atoms with E-state index in [1.807, 2.05) is 0 Å². The summed E-state index contributed by atoms with van der Waals surface area (Å²) in [6, 6.07) is 14.7. The number of carbonyl (C=O) groups is 3. The van der Waals surface area contributed by atoms with Crippen LogP contribution in [0, 0.1) is 0 Å². The quantitative estimate of drug-likeness (QED) is 0.418. The molecule has 2 aromatic rings. The Morgan fingerprint density at radius 2 is 1.57 bits per heavy atom. The molecule has 0 spiro atoms. The highest BCUT2D eigenvalue weighted by atomic mass is 32.2. The Kier molecular flexibility index (Phi) is 9.41. The fourth-order valence-electron chi connectivity index (χ4n) is 3.92. The fourth-order valence-corrected chi connectivity index (χ4v) is 5.48. The molecule has 1 heterocycles. The number of urea groups is 1. The third-order valence-corrected chi connectivity index (χ3v) is 7.59. The van der Waals surface area contributed by atoms with Crippen molar-refractivity contribution in [2.75, 3.05) is 32.1 Å². The van der Waals surface area contributed by atoms with Gasteiger partial charge in [0.2, 0.25) is 5.91 Å². The minimum absolute atomic E-state index is 0.296. The smallest absolute Gasteiger partial charge is 0.318 e. The van der Waals surface area contributed by atoms with E-state index < -0.39 is 51.0 Å². The van der Waals surface area contributed by atoms with Crippen molar-refractivity contribution in [3.8, 4) is 0 Å². The Bertz CT molecular complexity index is 1180. The van der Waals surface area contributed by atoms with E-state index in [1.54, 1.807) is 60.7 Å². The van der Waals surface area contributed by atoms with Gasteiger partial charge in [-0.05, 0) is 25.0 Å². The first kappa shape index (κ1) is 28.3. The van der Waals surface area contributed by atoms with Gasteiger partial charge in [-0.25, -0.2) is 13.2 Å². The molecule has 1 aliphatic rings. The van der Waals surface area contributed by atoms with Crippen molar-refractivity contribution in [2.24, 2.45) is 0 Å². The van der Waals surface area contributed by atoms with Gasteiger partial charge in [0.05, 0.1) is 30.3 Å². The molecule has 37 heavy (non-hydrogen) atoms. The van der Waals surface area contributed by atoms with Gasteiger partial charge in [-0.1, -0.05) is 60.7 Å². The number of nitrogens with one attached hydrogen (secondary N) is 2. The van der Waals surface area contributed by atoms with E-state index in [2.05, 4.69) is 10.6 Å². The number of aliphatic hydroxyl groups is 1. The lowest BCUT2D eigenvalue weighted by atomic mass is 9.91. The molecular formula is C26H33N3O7S. The van der Waals surface area contributed by atoms with Crippen LogP contribution in [0.15, 0.2) is 60.7 Å². The topological polar surface area (TPSA) is 142 Å². The van der Waals surface area contributed by atoms with Gasteiger partial charge in [0.25, 0.3) is 0 Å². The van der Waals surface area contributed by atoms with Gasteiger partial charge < -0.3 is 25.4 Å². The van der Waals surface area contributed by atoms with E-state index in [4.69, 9.17) is 4.74 Å². The zero-order valence-corrected chi connectivity index (χ0v) is 21.7. The molecule has 0 saturated carbocycles. The van der Waals surface area contributed by atoms with Crippen LogP contribution < -0.4 is 10.6 Å². The van der Waals surface area contributed by atoms with Crippen LogP contribution in [-0.2, 0) is 29.9 Å². The molecular weight excluding hydrogens is 498 g/mol. The van der Waals surface area contributed by atoms with Crippen LogP contribution in [0.4, 0.5) is 4.79 Å². The van der Waals surface area contributed by atoms with Crippen LogP contribution in [-0.4, -0.2) is 79.8 Å². The second-order valence-electron chi connectivity index (χ2n) is 9.43. The van der Waals surface area contributed by atoms with Gasteiger partial charge in [-0.2, -0.15) is 0 Å². The van der Waals surface area contributed by atoms with Crippen LogP contribution in [0.25, 0.3) is 0 Å². The highest BCUT2D eigenvalue weighted by Crippen LogP contribution is 2.20. The van der Waals surface area contributed by atoms with Crippen molar-refractivity contribution in [3.05, 3.63) is 71.8 Å². The van der Waals surface area contributed by atoms with Gasteiger partial charge in [-0.15, -0.1) is 0 Å². The normalized spacial score (nSPS) is 15.9. The Balaban J connectivity index is 1.77. The fraction of sp³-hybridized carbons (Fsp3) is 0.423. The van der Waals surface area contributed by atoms with Crippen molar-refractivity contribution in [2.45, 2.75) is 37.3 Å². The number of sulfone groups is 1. The number of hydrogen-bond acceptors (Lipinski definition) is 7. The van der Waals surface area contributed by atoms with Gasteiger partial charge in [0.15, 0.2) is 15.6 Å². The summed E-state index contributed by atoms with van der Waals surface area (Å²) in [5, 5.41) is 15.6. The molecule has 1 saturated heterocycles. The standard InChI is InChI=1S/C26H33N3O7S/c1-26(2,23(31)22(30)20-11-7-4-8-12-20)28-24(32)21(27-25(33)29-13-15-36-16-14-29)18-37(34,35)17-19-9-5-3-6-10-19/h3-12,21-22,30H,13-18H2,1-2H3,(H,27,33)(H,28,32)/t21-,22?/m0/s1. The lowest BCUT2D eigenvalue weighted by Crippen LogP contribution is -2.60. The molecule has 0 radical (unpaired) electrons. The van der Waals surface area contributed by atoms with Gasteiger partial charge in [-0.3, -0.25) is 9.59 Å². The van der Waals surface area contributed by atoms with Crippen LogP contribution >= 0.6 is 0 Å². The molecule has 3 N–H and O–H groups in total. The van der Waals surface area contributed by atoms with Crippen molar-refractivity contribution < 1.29 is 32.6 Å². The van der Waals surface area contributed by atoms with E-state index in [0.29, 0.717) is 37.4 Å². The first-order valence-electron chi connectivity index (χ1n) is 12.0. The molecule has 1 unspecified atom stereocenters. The molecule has 1 aliphatic heterocycles. The number of Topliss-reactive ketones (excluding diaryl/α,β-unsaturated/α-hetero) is 1. The van der Waals surface area contributed by atoms with Crippen LogP contribution in [0.2, 0.25) is 0 Å². The molecule has 3 amide bonds. The predicted molar refractivity (Wildman–Crippen MR) is 137 cm³/mol. The van der Waals surface area contributed by atoms with Crippen molar-refractivity contribution in [3.63, 3.8) is 0 Å². The number of benzene rings is 2. The molecule has 2 atom stereocenters. The number of ketones is 1. The summed E-state index contributed by atoms with van der Waals surface area (Å²) in [6.45, 7) is 4.08.